The van der Waals surface area contributed by atoms with Gasteiger partial charge in [0.25, 0.3) is 5.91 Å². The van der Waals surface area contributed by atoms with E-state index in [0.29, 0.717) is 29.5 Å². The van der Waals surface area contributed by atoms with Gasteiger partial charge in [-0.05, 0) is 30.9 Å². The maximum atomic E-state index is 15.5. The van der Waals surface area contributed by atoms with E-state index >= 15 is 4.39 Å². The van der Waals surface area contributed by atoms with E-state index in [1.54, 1.807) is 18.2 Å². The lowest BCUT2D eigenvalue weighted by Crippen LogP contribution is -2.48. The lowest BCUT2D eigenvalue weighted by molar-refractivity contribution is -0.422. The van der Waals surface area contributed by atoms with Crippen LogP contribution >= 0.6 is 0 Å². The number of amides is 1. The van der Waals surface area contributed by atoms with Crippen molar-refractivity contribution in [1.29, 1.82) is 0 Å². The summed E-state index contributed by atoms with van der Waals surface area (Å²) in [5.74, 6) is -1.13. The Kier molecular flexibility index (Phi) is 5.69. The van der Waals surface area contributed by atoms with E-state index in [1.165, 1.54) is 11.8 Å². The van der Waals surface area contributed by atoms with Crippen LogP contribution in [0.25, 0.3) is 11.1 Å². The number of rotatable bonds is 6. The molecule has 0 radical (unpaired) electrons. The zero-order valence-electron chi connectivity index (χ0n) is 18.2. The van der Waals surface area contributed by atoms with Crippen molar-refractivity contribution >= 4 is 22.6 Å². The van der Waals surface area contributed by atoms with Crippen LogP contribution in [0.15, 0.2) is 48.5 Å². The molecule has 170 valence electrons. The Balaban J connectivity index is 1.76. The molecule has 1 aliphatic heterocycles. The third-order valence-electron chi connectivity index (χ3n) is 6.72. The van der Waals surface area contributed by atoms with Crippen LogP contribution in [0.1, 0.15) is 25.3 Å². The number of hydrogen-bond acceptors (Lipinski definition) is 3. The molecule has 1 amide bonds. The van der Waals surface area contributed by atoms with Crippen molar-refractivity contribution in [2.24, 2.45) is 5.41 Å². The average Bonchev–Trinajstić information content (AvgIpc) is 3.45. The number of sulfonamides is 1. The number of hydrogen-bond donors (Lipinski definition) is 0. The first-order chi connectivity index (χ1) is 15.0. The standard InChI is InChI=1S/C24H27F2N2O3S/c1-16(25)23(29)28-15-24(12-13-24)22(27(2)32(3,30)31)20(28)14-18-10-7-11-19(21(18)26)17-8-5-4-6-9-17/h4-11,16,20,22H,2,12-15H2,1,3H3/q+1/t16-,20-,22+/m0/s1. The van der Waals surface area contributed by atoms with Gasteiger partial charge in [0.1, 0.15) is 12.5 Å². The van der Waals surface area contributed by atoms with E-state index < -0.39 is 45.4 Å². The fourth-order valence-corrected chi connectivity index (χ4v) is 5.72. The zero-order valence-corrected chi connectivity index (χ0v) is 19.0. The predicted molar refractivity (Wildman–Crippen MR) is 119 cm³/mol. The fraction of sp³-hybridized carbons (Fsp3) is 0.417. The Hall–Kier alpha value is -2.61. The molecule has 0 N–H and O–H groups in total. The van der Waals surface area contributed by atoms with Crippen LogP contribution in [0.5, 0.6) is 0 Å². The number of likely N-dealkylation sites (tertiary alicyclic amines) is 1. The Bertz CT molecular complexity index is 1160. The number of carbonyl (C=O) groups is 1. The van der Waals surface area contributed by atoms with Gasteiger partial charge in [-0.3, -0.25) is 4.79 Å². The van der Waals surface area contributed by atoms with Crippen molar-refractivity contribution in [3.8, 4) is 11.1 Å². The number of benzene rings is 2. The molecule has 8 heteroatoms. The highest BCUT2D eigenvalue weighted by Crippen LogP contribution is 2.57. The third-order valence-corrected chi connectivity index (χ3v) is 7.80. The summed E-state index contributed by atoms with van der Waals surface area (Å²) in [5, 5.41) is 0. The molecule has 3 atom stereocenters. The van der Waals surface area contributed by atoms with Gasteiger partial charge < -0.3 is 4.90 Å². The maximum Gasteiger partial charge on any atom is 0.361 e. The molecular formula is C24H27F2N2O3S+. The van der Waals surface area contributed by atoms with Crippen molar-refractivity contribution in [2.75, 3.05) is 12.8 Å². The second-order valence-electron chi connectivity index (χ2n) is 8.96. The van der Waals surface area contributed by atoms with Gasteiger partial charge in [0, 0.05) is 18.5 Å². The molecule has 4 rings (SSSR count). The molecule has 1 spiro atoms. The molecule has 2 aromatic rings. The molecule has 0 unspecified atom stereocenters. The molecule has 1 heterocycles. The molecule has 0 bridgehead atoms. The number of halogens is 2. The first-order valence-corrected chi connectivity index (χ1v) is 12.5. The third kappa shape index (κ3) is 3.96. The quantitative estimate of drug-likeness (QED) is 0.489. The SMILES string of the molecule is C=[N+]([C@@H]1[C@H](Cc2cccc(-c3ccccc3)c2F)N(C(=O)[C@H](C)F)CC12CC2)S(C)(=O)=O. The highest BCUT2D eigenvalue weighted by molar-refractivity contribution is 7.84. The molecule has 32 heavy (non-hydrogen) atoms. The van der Waals surface area contributed by atoms with Crippen molar-refractivity contribution in [3.63, 3.8) is 0 Å². The highest BCUT2D eigenvalue weighted by Gasteiger charge is 2.67. The minimum atomic E-state index is -3.68. The summed E-state index contributed by atoms with van der Waals surface area (Å²) in [5.41, 5.74) is 1.03. The summed E-state index contributed by atoms with van der Waals surface area (Å²) >= 11 is 0. The van der Waals surface area contributed by atoms with Crippen LogP contribution in [0.2, 0.25) is 0 Å². The van der Waals surface area contributed by atoms with Crippen LogP contribution in [0, 0.1) is 11.2 Å². The van der Waals surface area contributed by atoms with E-state index in [1.807, 2.05) is 30.3 Å². The molecular weight excluding hydrogens is 434 g/mol. The average molecular weight is 462 g/mol. The minimum Gasteiger partial charge on any atom is -0.329 e. The van der Waals surface area contributed by atoms with Crippen LogP contribution < -0.4 is 0 Å². The van der Waals surface area contributed by atoms with Gasteiger partial charge in [0.2, 0.25) is 0 Å². The summed E-state index contributed by atoms with van der Waals surface area (Å²) < 4.78 is 55.4. The predicted octanol–water partition coefficient (Wildman–Crippen LogP) is 3.43. The van der Waals surface area contributed by atoms with Gasteiger partial charge in [-0.15, -0.1) is 3.98 Å². The molecule has 2 aliphatic rings. The fourth-order valence-electron chi connectivity index (χ4n) is 4.94. The van der Waals surface area contributed by atoms with E-state index in [9.17, 15) is 17.6 Å². The van der Waals surface area contributed by atoms with Crippen molar-refractivity contribution < 1.29 is 26.0 Å². The van der Waals surface area contributed by atoms with Crippen molar-refractivity contribution in [2.45, 2.75) is 44.4 Å². The molecule has 5 nitrogen and oxygen atoms in total. The summed E-state index contributed by atoms with van der Waals surface area (Å²) in [4.78, 5) is 14.1. The summed E-state index contributed by atoms with van der Waals surface area (Å²) in [6.45, 7) is 5.18. The van der Waals surface area contributed by atoms with Crippen molar-refractivity contribution in [1.82, 2.24) is 4.90 Å². The second kappa shape index (κ2) is 8.06. The second-order valence-corrected chi connectivity index (χ2v) is 10.9. The first kappa shape index (κ1) is 22.6. The summed E-state index contributed by atoms with van der Waals surface area (Å²) in [6, 6.07) is 12.8. The normalized spacial score (nSPS) is 22.7. The minimum absolute atomic E-state index is 0.0684. The summed E-state index contributed by atoms with van der Waals surface area (Å²) in [6.07, 6.45) is 0.827. The van der Waals surface area contributed by atoms with E-state index in [2.05, 4.69) is 6.72 Å². The molecule has 1 saturated carbocycles. The maximum absolute atomic E-state index is 15.5. The molecule has 1 aliphatic carbocycles. The van der Waals surface area contributed by atoms with Crippen LogP contribution in [-0.2, 0) is 21.2 Å². The van der Waals surface area contributed by atoms with Crippen LogP contribution in [0.4, 0.5) is 8.78 Å². The topological polar surface area (TPSA) is 57.5 Å². The molecule has 1 saturated heterocycles. The van der Waals surface area contributed by atoms with Gasteiger partial charge in [-0.2, -0.15) is 8.42 Å². The highest BCUT2D eigenvalue weighted by atomic mass is 32.2. The number of nitrogens with zero attached hydrogens (tertiary/aromatic N) is 2. The largest absolute Gasteiger partial charge is 0.361 e. The van der Waals surface area contributed by atoms with E-state index in [0.717, 1.165) is 10.2 Å². The van der Waals surface area contributed by atoms with Crippen molar-refractivity contribution in [3.05, 3.63) is 59.9 Å². The Labute approximate surface area is 187 Å². The van der Waals surface area contributed by atoms with Gasteiger partial charge >= 0.3 is 10.0 Å². The molecule has 2 fully saturated rings. The zero-order chi connectivity index (χ0) is 23.3. The van der Waals surface area contributed by atoms with Crippen LogP contribution in [0.3, 0.4) is 0 Å². The number of carbonyl (C=O) groups excluding carboxylic acids is 1. The first-order valence-electron chi connectivity index (χ1n) is 10.6. The van der Waals surface area contributed by atoms with E-state index in [-0.39, 0.29) is 13.0 Å². The van der Waals surface area contributed by atoms with Gasteiger partial charge in [0.15, 0.2) is 12.2 Å². The smallest absolute Gasteiger partial charge is 0.329 e. The van der Waals surface area contributed by atoms with Gasteiger partial charge in [0.05, 0.1) is 17.7 Å². The lowest BCUT2D eigenvalue weighted by Gasteiger charge is -2.27. The monoisotopic (exact) mass is 461 g/mol. The van der Waals surface area contributed by atoms with E-state index in [4.69, 9.17) is 0 Å². The lowest BCUT2D eigenvalue weighted by atomic mass is 9.91. The molecule has 2 aromatic carbocycles. The molecule has 0 aromatic heterocycles. The Morgan fingerprint density at radius 2 is 1.88 bits per heavy atom. The van der Waals surface area contributed by atoms with Gasteiger partial charge in [-0.25, -0.2) is 8.78 Å². The summed E-state index contributed by atoms with van der Waals surface area (Å²) in [7, 11) is -3.68. The Morgan fingerprint density at radius 1 is 1.22 bits per heavy atom. The van der Waals surface area contributed by atoms with Crippen LogP contribution in [-0.4, -0.2) is 61.0 Å². The van der Waals surface area contributed by atoms with Gasteiger partial charge in [-0.1, -0.05) is 48.5 Å². The number of alkyl halides is 1. The Morgan fingerprint density at radius 3 is 2.44 bits per heavy atom.